The van der Waals surface area contributed by atoms with Gasteiger partial charge in [0.1, 0.15) is 12.4 Å². The van der Waals surface area contributed by atoms with Crippen molar-refractivity contribution in [1.82, 2.24) is 15.5 Å². The largest absolute Gasteiger partial charge is 0.492 e. The molecule has 0 atom stereocenters. The number of aryl methyl sites for hydroxylation is 1. The van der Waals surface area contributed by atoms with Crippen LogP contribution in [0.5, 0.6) is 5.75 Å². The summed E-state index contributed by atoms with van der Waals surface area (Å²) in [4.78, 5) is 19.0. The second-order valence-corrected chi connectivity index (χ2v) is 7.47. The first kappa shape index (κ1) is 25.0. The molecule has 7 heteroatoms. The first-order valence-electron chi connectivity index (χ1n) is 10.7. The predicted octanol–water partition coefficient (Wildman–Crippen LogP) is 3.87. The minimum absolute atomic E-state index is 0. The van der Waals surface area contributed by atoms with Crippen molar-refractivity contribution >= 4 is 35.8 Å². The molecule has 0 aromatic heterocycles. The third-order valence-electron chi connectivity index (χ3n) is 5.04. The lowest BCUT2D eigenvalue weighted by molar-refractivity contribution is -0.131. The topological polar surface area (TPSA) is 66.0 Å². The Balaban J connectivity index is 0.00000341. The normalized spacial score (nSPS) is 12.7. The van der Waals surface area contributed by atoms with E-state index in [0.717, 1.165) is 37.8 Å². The molecule has 0 fully saturated rings. The number of rotatable bonds is 9. The lowest BCUT2D eigenvalue weighted by atomic mass is 10.1. The molecule has 1 amide bonds. The van der Waals surface area contributed by atoms with Gasteiger partial charge in [0.25, 0.3) is 0 Å². The Labute approximate surface area is 202 Å². The molecular formula is C24H33IN4O2. The fourth-order valence-electron chi connectivity index (χ4n) is 3.40. The van der Waals surface area contributed by atoms with Crippen LogP contribution >= 0.6 is 24.0 Å². The quantitative estimate of drug-likeness (QED) is 0.221. The van der Waals surface area contributed by atoms with Crippen LogP contribution in [0.15, 0.2) is 53.5 Å². The van der Waals surface area contributed by atoms with Gasteiger partial charge in [-0.2, -0.15) is 0 Å². The molecule has 0 saturated carbocycles. The number of ether oxygens (including phenoxy) is 1. The van der Waals surface area contributed by atoms with E-state index in [0.29, 0.717) is 26.1 Å². The SMILES string of the molecule is CCNC(=NCCCC(=O)N1Cc2ccccc2C1)NCCOc1ccc(C)cc1.I. The molecule has 0 spiro atoms. The van der Waals surface area contributed by atoms with E-state index in [2.05, 4.69) is 34.7 Å². The standard InChI is InChI=1S/C24H32N4O2.HI/c1-3-25-24(27-15-16-30-22-12-10-19(2)11-13-22)26-14-6-9-23(29)28-17-20-7-4-5-8-21(20)18-28;/h4-5,7-8,10-13H,3,6,9,14-18H2,1-2H3,(H2,25,26,27);1H. The Morgan fingerprint density at radius 2 is 1.74 bits per heavy atom. The van der Waals surface area contributed by atoms with E-state index in [1.54, 1.807) is 0 Å². The number of aliphatic imine (C=N–C) groups is 1. The molecular weight excluding hydrogens is 503 g/mol. The summed E-state index contributed by atoms with van der Waals surface area (Å²) in [5.41, 5.74) is 3.74. The highest BCUT2D eigenvalue weighted by molar-refractivity contribution is 14.0. The molecule has 1 aliphatic heterocycles. The van der Waals surface area contributed by atoms with Gasteiger partial charge in [-0.25, -0.2) is 0 Å². The minimum atomic E-state index is 0. The summed E-state index contributed by atoms with van der Waals surface area (Å²) in [5, 5.41) is 6.51. The number of nitrogens with zero attached hydrogens (tertiary/aromatic N) is 2. The molecule has 0 radical (unpaired) electrons. The van der Waals surface area contributed by atoms with Crippen LogP contribution in [0, 0.1) is 6.92 Å². The zero-order valence-electron chi connectivity index (χ0n) is 18.4. The number of halogens is 1. The predicted molar refractivity (Wildman–Crippen MR) is 136 cm³/mol. The summed E-state index contributed by atoms with van der Waals surface area (Å²) in [7, 11) is 0. The van der Waals surface area contributed by atoms with Gasteiger partial charge in [-0.1, -0.05) is 42.0 Å². The van der Waals surface area contributed by atoms with Crippen LogP contribution in [-0.4, -0.2) is 43.0 Å². The first-order chi connectivity index (χ1) is 14.7. The molecule has 0 aliphatic carbocycles. The number of hydrogen-bond donors (Lipinski definition) is 2. The minimum Gasteiger partial charge on any atom is -0.492 e. The van der Waals surface area contributed by atoms with Crippen molar-refractivity contribution in [1.29, 1.82) is 0 Å². The van der Waals surface area contributed by atoms with Crippen molar-refractivity contribution in [3.05, 3.63) is 65.2 Å². The molecule has 0 saturated heterocycles. The van der Waals surface area contributed by atoms with Crippen LogP contribution in [-0.2, 0) is 17.9 Å². The maximum Gasteiger partial charge on any atom is 0.223 e. The van der Waals surface area contributed by atoms with Crippen LogP contribution in [0.1, 0.15) is 36.5 Å². The van der Waals surface area contributed by atoms with E-state index < -0.39 is 0 Å². The van der Waals surface area contributed by atoms with Crippen LogP contribution in [0.2, 0.25) is 0 Å². The average Bonchev–Trinajstić information content (AvgIpc) is 3.19. The van der Waals surface area contributed by atoms with Crippen LogP contribution < -0.4 is 15.4 Å². The molecule has 1 heterocycles. The summed E-state index contributed by atoms with van der Waals surface area (Å²) in [6.45, 7) is 8.16. The third-order valence-corrected chi connectivity index (χ3v) is 5.04. The summed E-state index contributed by atoms with van der Waals surface area (Å²) in [6, 6.07) is 16.3. The van der Waals surface area contributed by atoms with Gasteiger partial charge in [0, 0.05) is 32.6 Å². The van der Waals surface area contributed by atoms with E-state index in [9.17, 15) is 4.79 Å². The Morgan fingerprint density at radius 3 is 2.39 bits per heavy atom. The summed E-state index contributed by atoms with van der Waals surface area (Å²) < 4.78 is 5.73. The molecule has 31 heavy (non-hydrogen) atoms. The van der Waals surface area contributed by atoms with Crippen molar-refractivity contribution < 1.29 is 9.53 Å². The van der Waals surface area contributed by atoms with Crippen molar-refractivity contribution in [3.63, 3.8) is 0 Å². The second-order valence-electron chi connectivity index (χ2n) is 7.47. The van der Waals surface area contributed by atoms with Gasteiger partial charge in [-0.05, 0) is 43.5 Å². The smallest absolute Gasteiger partial charge is 0.223 e. The maximum atomic E-state index is 12.5. The Kier molecular flexibility index (Phi) is 10.6. The van der Waals surface area contributed by atoms with E-state index in [1.807, 2.05) is 48.2 Å². The van der Waals surface area contributed by atoms with Gasteiger partial charge in [0.15, 0.2) is 5.96 Å². The number of nitrogens with one attached hydrogen (secondary N) is 2. The van der Waals surface area contributed by atoms with Gasteiger partial charge in [0.2, 0.25) is 5.91 Å². The van der Waals surface area contributed by atoms with Gasteiger partial charge in [0.05, 0.1) is 6.54 Å². The molecule has 0 bridgehead atoms. The molecule has 168 valence electrons. The van der Waals surface area contributed by atoms with Gasteiger partial charge in [-0.15, -0.1) is 24.0 Å². The van der Waals surface area contributed by atoms with Crippen molar-refractivity contribution in [2.75, 3.05) is 26.2 Å². The number of carbonyl (C=O) groups is 1. The van der Waals surface area contributed by atoms with Crippen LogP contribution in [0.4, 0.5) is 0 Å². The van der Waals surface area contributed by atoms with E-state index >= 15 is 0 Å². The first-order valence-corrected chi connectivity index (χ1v) is 10.7. The van der Waals surface area contributed by atoms with Gasteiger partial charge in [-0.3, -0.25) is 9.79 Å². The molecule has 0 unspecified atom stereocenters. The lowest BCUT2D eigenvalue weighted by Gasteiger charge is -2.15. The number of carbonyl (C=O) groups excluding carboxylic acids is 1. The molecule has 2 aromatic rings. The fraction of sp³-hybridized carbons (Fsp3) is 0.417. The highest BCUT2D eigenvalue weighted by Gasteiger charge is 2.22. The number of benzene rings is 2. The summed E-state index contributed by atoms with van der Waals surface area (Å²) >= 11 is 0. The average molecular weight is 536 g/mol. The van der Waals surface area contributed by atoms with Crippen molar-refractivity contribution in [3.8, 4) is 5.75 Å². The number of guanidine groups is 1. The third kappa shape index (κ3) is 8.05. The van der Waals surface area contributed by atoms with Gasteiger partial charge >= 0.3 is 0 Å². The van der Waals surface area contributed by atoms with E-state index in [-0.39, 0.29) is 29.9 Å². The molecule has 2 aromatic carbocycles. The van der Waals surface area contributed by atoms with Crippen molar-refractivity contribution in [2.24, 2.45) is 4.99 Å². The number of amides is 1. The van der Waals surface area contributed by atoms with Crippen LogP contribution in [0.25, 0.3) is 0 Å². The maximum absolute atomic E-state index is 12.5. The molecule has 6 nitrogen and oxygen atoms in total. The molecule has 2 N–H and O–H groups in total. The highest BCUT2D eigenvalue weighted by Crippen LogP contribution is 2.22. The zero-order valence-corrected chi connectivity index (χ0v) is 20.7. The monoisotopic (exact) mass is 536 g/mol. The van der Waals surface area contributed by atoms with Crippen molar-refractivity contribution in [2.45, 2.75) is 39.8 Å². The Morgan fingerprint density at radius 1 is 1.06 bits per heavy atom. The fourth-order valence-corrected chi connectivity index (χ4v) is 3.40. The second kappa shape index (κ2) is 13.2. The highest BCUT2D eigenvalue weighted by atomic mass is 127. The molecule has 1 aliphatic rings. The van der Waals surface area contributed by atoms with E-state index in [4.69, 9.17) is 4.74 Å². The number of hydrogen-bond acceptors (Lipinski definition) is 3. The zero-order chi connectivity index (χ0) is 21.2. The lowest BCUT2D eigenvalue weighted by Crippen LogP contribution is -2.39. The Bertz CT molecular complexity index is 830. The number of fused-ring (bicyclic) bond motifs is 1. The summed E-state index contributed by atoms with van der Waals surface area (Å²) in [6.07, 6.45) is 1.26. The van der Waals surface area contributed by atoms with Gasteiger partial charge < -0.3 is 20.3 Å². The Hall–Kier alpha value is -2.29. The summed E-state index contributed by atoms with van der Waals surface area (Å²) in [5.74, 6) is 1.82. The van der Waals surface area contributed by atoms with E-state index in [1.165, 1.54) is 16.7 Å². The molecule has 3 rings (SSSR count). The van der Waals surface area contributed by atoms with Crippen LogP contribution in [0.3, 0.4) is 0 Å².